The molecule has 0 bridgehead atoms. The predicted molar refractivity (Wildman–Crippen MR) is 152 cm³/mol. The molecule has 0 aromatic heterocycles. The number of benzene rings is 3. The molecule has 1 aliphatic heterocycles. The van der Waals surface area contributed by atoms with Crippen molar-refractivity contribution in [2.75, 3.05) is 20.1 Å². The van der Waals surface area contributed by atoms with Gasteiger partial charge in [-0.1, -0.05) is 49.4 Å². The number of fused-ring (bicyclic) bond motifs is 1. The number of hydrogen-bond acceptors (Lipinski definition) is 3. The molecule has 1 unspecified atom stereocenters. The zero-order chi connectivity index (χ0) is 32.8. The molecule has 1 fully saturated rings. The molecule has 13 heteroatoms. The van der Waals surface area contributed by atoms with Crippen LogP contribution in [0.3, 0.4) is 0 Å². The topological polar surface area (TPSA) is 104 Å². The van der Waals surface area contributed by atoms with E-state index in [0.29, 0.717) is 17.7 Å². The van der Waals surface area contributed by atoms with Crippen LogP contribution in [0.4, 0.5) is 31.1 Å². The molecule has 3 amide bonds. The Hall–Kier alpha value is -4.29. The van der Waals surface area contributed by atoms with Crippen LogP contribution in [0.15, 0.2) is 60.7 Å². The van der Waals surface area contributed by atoms with Gasteiger partial charge in [0.1, 0.15) is 0 Å². The number of carboxylic acids is 1. The number of carbonyl (C=O) groups is 3. The third-order valence-corrected chi connectivity index (χ3v) is 7.49. The minimum atomic E-state index is -5.11. The number of halogens is 6. The second-order valence-electron chi connectivity index (χ2n) is 10.9. The second kappa shape index (κ2) is 14.0. The maximum Gasteiger partial charge on any atom is 0.416 e. The fourth-order valence-corrected chi connectivity index (χ4v) is 4.86. The van der Waals surface area contributed by atoms with Gasteiger partial charge in [0.15, 0.2) is 0 Å². The lowest BCUT2D eigenvalue weighted by Gasteiger charge is -2.28. The average molecular weight is 626 g/mol. The summed E-state index contributed by atoms with van der Waals surface area (Å²) in [5.74, 6) is -1.66. The van der Waals surface area contributed by atoms with Crippen LogP contribution in [0.25, 0.3) is 10.8 Å². The number of hydrogen-bond donors (Lipinski definition) is 2. The van der Waals surface area contributed by atoms with Crippen LogP contribution in [-0.4, -0.2) is 59.0 Å². The smallest absolute Gasteiger partial charge is 0.416 e. The summed E-state index contributed by atoms with van der Waals surface area (Å²) in [4.78, 5) is 37.5. The fourth-order valence-electron chi connectivity index (χ4n) is 4.86. The molecule has 3 aromatic carbocycles. The van der Waals surface area contributed by atoms with E-state index in [0.717, 1.165) is 54.6 Å². The van der Waals surface area contributed by atoms with Crippen molar-refractivity contribution in [3.8, 4) is 0 Å². The normalized spacial score (nSPS) is 14.9. The third-order valence-electron chi connectivity index (χ3n) is 7.49. The zero-order valence-corrected chi connectivity index (χ0v) is 24.1. The molecule has 1 aliphatic rings. The molecule has 238 valence electrons. The molecule has 3 N–H and O–H groups in total. The second-order valence-corrected chi connectivity index (χ2v) is 10.9. The molecule has 1 atom stereocenters. The maximum atomic E-state index is 13.2. The molecule has 1 saturated heterocycles. The number of primary amides is 1. The summed E-state index contributed by atoms with van der Waals surface area (Å²) in [7, 11) is 1.16. The van der Waals surface area contributed by atoms with Crippen molar-refractivity contribution < 1.29 is 45.8 Å². The quantitative estimate of drug-likeness (QED) is 0.293. The minimum absolute atomic E-state index is 0.0322. The van der Waals surface area contributed by atoms with E-state index in [1.54, 1.807) is 23.1 Å². The van der Waals surface area contributed by atoms with Crippen molar-refractivity contribution in [2.24, 2.45) is 11.7 Å². The Labute approximate surface area is 250 Å². The Morgan fingerprint density at radius 3 is 1.95 bits per heavy atom. The van der Waals surface area contributed by atoms with Crippen LogP contribution in [0.1, 0.15) is 53.2 Å². The molecule has 0 radical (unpaired) electrons. The highest BCUT2D eigenvalue weighted by atomic mass is 19.4. The van der Waals surface area contributed by atoms with E-state index < -0.39 is 53.4 Å². The first kappa shape index (κ1) is 34.2. The van der Waals surface area contributed by atoms with Crippen molar-refractivity contribution in [1.82, 2.24) is 9.80 Å². The van der Waals surface area contributed by atoms with Gasteiger partial charge < -0.3 is 20.6 Å². The first-order valence-electron chi connectivity index (χ1n) is 13.8. The lowest BCUT2D eigenvalue weighted by atomic mass is 9.98. The molecule has 0 aliphatic carbocycles. The number of rotatable bonds is 6. The highest BCUT2D eigenvalue weighted by Gasteiger charge is 2.38. The van der Waals surface area contributed by atoms with E-state index >= 15 is 0 Å². The van der Waals surface area contributed by atoms with Crippen molar-refractivity contribution in [1.29, 1.82) is 0 Å². The van der Waals surface area contributed by atoms with Crippen LogP contribution in [0.5, 0.6) is 0 Å². The van der Waals surface area contributed by atoms with Gasteiger partial charge in [0.25, 0.3) is 5.91 Å². The first-order valence-corrected chi connectivity index (χ1v) is 13.8. The van der Waals surface area contributed by atoms with Gasteiger partial charge in [0.05, 0.1) is 17.5 Å². The van der Waals surface area contributed by atoms with E-state index in [9.17, 15) is 45.8 Å². The van der Waals surface area contributed by atoms with E-state index in [1.807, 2.05) is 24.3 Å². The van der Waals surface area contributed by atoms with Gasteiger partial charge in [0, 0.05) is 31.7 Å². The number of nitrogens with zero attached hydrogens (tertiary/aromatic N) is 2. The summed E-state index contributed by atoms with van der Waals surface area (Å²) in [6, 6.07) is 12.0. The Bertz CT molecular complexity index is 1450. The lowest BCUT2D eigenvalue weighted by Crippen LogP contribution is -2.41. The van der Waals surface area contributed by atoms with E-state index in [1.165, 1.54) is 0 Å². The summed E-state index contributed by atoms with van der Waals surface area (Å²) in [6.07, 6.45) is -8.54. The van der Waals surface area contributed by atoms with Crippen LogP contribution >= 0.6 is 0 Å². The molecule has 7 nitrogen and oxygen atoms in total. The van der Waals surface area contributed by atoms with E-state index in [4.69, 9.17) is 5.73 Å². The predicted octanol–water partition coefficient (Wildman–Crippen LogP) is 6.83. The monoisotopic (exact) mass is 625 g/mol. The third kappa shape index (κ3) is 9.35. The van der Waals surface area contributed by atoms with Crippen molar-refractivity contribution in [3.05, 3.63) is 82.9 Å². The van der Waals surface area contributed by atoms with E-state index in [-0.39, 0.29) is 18.5 Å². The number of aliphatic carboxylic acids is 1. The molecule has 3 aromatic rings. The van der Waals surface area contributed by atoms with Crippen LogP contribution in [0, 0.1) is 5.92 Å². The summed E-state index contributed by atoms with van der Waals surface area (Å²) in [6.45, 7) is 3.89. The first-order chi connectivity index (χ1) is 20.5. The Morgan fingerprint density at radius 1 is 0.909 bits per heavy atom. The highest BCUT2D eigenvalue weighted by molar-refractivity contribution is 5.95. The highest BCUT2D eigenvalue weighted by Crippen LogP contribution is 2.36. The van der Waals surface area contributed by atoms with Gasteiger partial charge in [-0.05, 0) is 59.7 Å². The average Bonchev–Trinajstić information content (AvgIpc) is 2.95. The van der Waals surface area contributed by atoms with Gasteiger partial charge in [0.2, 0.25) is 0 Å². The number of piperidine rings is 1. The Kier molecular flexibility index (Phi) is 10.9. The zero-order valence-electron chi connectivity index (χ0n) is 24.1. The Balaban J connectivity index is 0.000000448. The van der Waals surface area contributed by atoms with Crippen LogP contribution in [-0.2, 0) is 23.6 Å². The van der Waals surface area contributed by atoms with Crippen molar-refractivity contribution in [2.45, 2.75) is 51.0 Å². The number of likely N-dealkylation sites (N-methyl/N-ethyl adjacent to an activating group) is 1. The molecular formula is C31H33F6N3O4. The van der Waals surface area contributed by atoms with Crippen molar-refractivity contribution >= 4 is 28.7 Å². The van der Waals surface area contributed by atoms with Gasteiger partial charge in [-0.25, -0.2) is 4.79 Å². The number of urea groups is 1. The van der Waals surface area contributed by atoms with E-state index in [2.05, 4.69) is 6.92 Å². The summed E-state index contributed by atoms with van der Waals surface area (Å²) >= 11 is 0. The van der Waals surface area contributed by atoms with Gasteiger partial charge in [-0.15, -0.1) is 0 Å². The van der Waals surface area contributed by atoms with Crippen LogP contribution in [0.2, 0.25) is 0 Å². The number of nitrogens with two attached hydrogens (primary N) is 1. The minimum Gasteiger partial charge on any atom is -0.481 e. The van der Waals surface area contributed by atoms with Crippen LogP contribution < -0.4 is 5.73 Å². The largest absolute Gasteiger partial charge is 0.481 e. The summed E-state index contributed by atoms with van der Waals surface area (Å²) in [5.41, 5.74) is 1.68. The number of amides is 3. The summed E-state index contributed by atoms with van der Waals surface area (Å²) < 4.78 is 79.1. The number of alkyl halides is 6. The SMILES string of the molecule is CC1CCN(C(N)=O)CC1.CN(C(=O)c1cc(C(F)(F)F)cc(C(F)(F)F)c1)C(CC(=O)O)Cc1ccc2ccccc2c1. The molecule has 1 heterocycles. The molecular weight excluding hydrogens is 592 g/mol. The molecule has 4 rings (SSSR count). The summed E-state index contributed by atoms with van der Waals surface area (Å²) in [5, 5.41) is 11.1. The van der Waals surface area contributed by atoms with Gasteiger partial charge in [-0.3, -0.25) is 9.59 Å². The standard InChI is InChI=1S/C24H19F6NO3.C7H14N2O/c1-31(22(34)17-10-18(23(25,26)27)12-19(11-17)24(28,29)30)20(13-21(32)33)9-14-6-7-15-4-2-3-5-16(15)8-14;1-6-2-4-9(5-3-6)7(8)10/h2-8,10-12,20H,9,13H2,1H3,(H,32,33);6H,2-5H2,1H3,(H2,8,10). The Morgan fingerprint density at radius 2 is 1.45 bits per heavy atom. The fraction of sp³-hybridized carbons (Fsp3) is 0.387. The molecule has 0 spiro atoms. The van der Waals surface area contributed by atoms with Crippen molar-refractivity contribution in [3.63, 3.8) is 0 Å². The lowest BCUT2D eigenvalue weighted by molar-refractivity contribution is -0.143. The number of likely N-dealkylation sites (tertiary alicyclic amines) is 1. The maximum absolute atomic E-state index is 13.2. The van der Waals surface area contributed by atoms with Gasteiger partial charge >= 0.3 is 24.4 Å². The molecule has 44 heavy (non-hydrogen) atoms. The number of carboxylic acid groups (broad SMARTS) is 1. The number of carbonyl (C=O) groups excluding carboxylic acids is 2. The molecule has 0 saturated carbocycles. The van der Waals surface area contributed by atoms with Gasteiger partial charge in [-0.2, -0.15) is 26.3 Å².